The fraction of sp³-hybridized carbons (Fsp3) is 0.400. The number of imidazole rings is 1. The third kappa shape index (κ3) is 2.29. The van der Waals surface area contributed by atoms with Crippen LogP contribution in [0, 0.1) is 6.92 Å². The van der Waals surface area contributed by atoms with Crippen LogP contribution in [0.25, 0.3) is 11.3 Å². The average Bonchev–Trinajstić information content (AvgIpc) is 2.98. The first kappa shape index (κ1) is 12.7. The van der Waals surface area contributed by atoms with Gasteiger partial charge in [0.25, 0.3) is 0 Å². The fourth-order valence-corrected chi connectivity index (χ4v) is 3.32. The maximum atomic E-state index is 6.13. The minimum Gasteiger partial charge on any atom is -0.369 e. The van der Waals surface area contributed by atoms with Crippen LogP contribution in [0.1, 0.15) is 37.4 Å². The minimum absolute atomic E-state index is 0.514. The number of nitrogen functional groups attached to an aromatic ring is 1. The summed E-state index contributed by atoms with van der Waals surface area (Å²) >= 11 is 3.48. The maximum Gasteiger partial charge on any atom is 0.201 e. The maximum absolute atomic E-state index is 6.13. The zero-order chi connectivity index (χ0) is 13.4. The summed E-state index contributed by atoms with van der Waals surface area (Å²) < 4.78 is 3.33. The Morgan fingerprint density at radius 2 is 1.84 bits per heavy atom. The summed E-state index contributed by atoms with van der Waals surface area (Å²) in [5, 5.41) is 0. The lowest BCUT2D eigenvalue weighted by Gasteiger charge is -2.17. The molecule has 100 valence electrons. The molecule has 0 atom stereocenters. The van der Waals surface area contributed by atoms with E-state index in [0.717, 1.165) is 10.2 Å². The number of nitrogens with two attached hydrogens (primary N) is 1. The Balaban J connectivity index is 2.11. The van der Waals surface area contributed by atoms with Gasteiger partial charge in [0.1, 0.15) is 0 Å². The third-order valence-electron chi connectivity index (χ3n) is 3.92. The Hall–Kier alpha value is -1.29. The van der Waals surface area contributed by atoms with Gasteiger partial charge in [-0.1, -0.05) is 40.9 Å². The summed E-state index contributed by atoms with van der Waals surface area (Å²) in [7, 11) is 0. The van der Waals surface area contributed by atoms with Crippen molar-refractivity contribution < 1.29 is 0 Å². The monoisotopic (exact) mass is 319 g/mol. The zero-order valence-electron chi connectivity index (χ0n) is 11.1. The van der Waals surface area contributed by atoms with Gasteiger partial charge in [0.15, 0.2) is 0 Å². The summed E-state index contributed by atoms with van der Waals surface area (Å²) in [5.41, 5.74) is 9.52. The molecule has 19 heavy (non-hydrogen) atoms. The van der Waals surface area contributed by atoms with Crippen molar-refractivity contribution in [2.24, 2.45) is 0 Å². The highest BCUT2D eigenvalue weighted by molar-refractivity contribution is 9.10. The number of aromatic nitrogens is 2. The first-order chi connectivity index (χ1) is 9.16. The number of hydrogen-bond donors (Lipinski definition) is 1. The van der Waals surface area contributed by atoms with Crippen molar-refractivity contribution in [2.45, 2.75) is 38.6 Å². The van der Waals surface area contributed by atoms with Crippen molar-refractivity contribution in [3.8, 4) is 11.3 Å². The molecule has 1 aromatic heterocycles. The molecule has 2 N–H and O–H groups in total. The van der Waals surface area contributed by atoms with E-state index in [1.165, 1.54) is 36.9 Å². The van der Waals surface area contributed by atoms with Crippen molar-refractivity contribution in [3.05, 3.63) is 34.4 Å². The zero-order valence-corrected chi connectivity index (χ0v) is 12.7. The Labute approximate surface area is 122 Å². The second-order valence-electron chi connectivity index (χ2n) is 5.22. The lowest BCUT2D eigenvalue weighted by Crippen LogP contribution is -2.10. The quantitative estimate of drug-likeness (QED) is 0.895. The summed E-state index contributed by atoms with van der Waals surface area (Å²) in [6.45, 7) is 2.04. The highest BCUT2D eigenvalue weighted by atomic mass is 79.9. The van der Waals surface area contributed by atoms with Crippen LogP contribution in [0.2, 0.25) is 0 Å². The van der Waals surface area contributed by atoms with E-state index in [-0.39, 0.29) is 0 Å². The molecule has 0 amide bonds. The van der Waals surface area contributed by atoms with Crippen molar-refractivity contribution in [1.29, 1.82) is 0 Å². The number of halogens is 1. The highest BCUT2D eigenvalue weighted by Gasteiger charge is 2.24. The third-order valence-corrected chi connectivity index (χ3v) is 4.45. The predicted octanol–water partition coefficient (Wildman–Crippen LogP) is 4.32. The summed E-state index contributed by atoms with van der Waals surface area (Å²) in [6, 6.07) is 8.89. The molecule has 1 aliphatic carbocycles. The van der Waals surface area contributed by atoms with Crippen LogP contribution in [0.15, 0.2) is 28.7 Å². The van der Waals surface area contributed by atoms with Gasteiger partial charge < -0.3 is 10.3 Å². The van der Waals surface area contributed by atoms with Crippen LogP contribution in [0.3, 0.4) is 0 Å². The molecular formula is C15H18BrN3. The molecule has 3 rings (SSSR count). The predicted molar refractivity (Wildman–Crippen MR) is 82.0 cm³/mol. The average molecular weight is 320 g/mol. The molecule has 0 spiro atoms. The largest absolute Gasteiger partial charge is 0.369 e. The standard InChI is InChI=1S/C15H18BrN3/c1-10-14(11-6-8-12(16)9-7-11)19(15(17)18-10)13-4-2-3-5-13/h6-9,13H,2-5H2,1H3,(H2,17,18). The number of hydrogen-bond acceptors (Lipinski definition) is 2. The Bertz CT molecular complexity index is 580. The molecule has 1 heterocycles. The van der Waals surface area contributed by atoms with Gasteiger partial charge in [0.2, 0.25) is 5.95 Å². The van der Waals surface area contributed by atoms with Crippen molar-refractivity contribution in [1.82, 2.24) is 9.55 Å². The molecule has 0 unspecified atom stereocenters. The van der Waals surface area contributed by atoms with E-state index in [9.17, 15) is 0 Å². The minimum atomic E-state index is 0.514. The number of nitrogens with zero attached hydrogens (tertiary/aromatic N) is 2. The SMILES string of the molecule is Cc1nc(N)n(C2CCCC2)c1-c1ccc(Br)cc1. The number of benzene rings is 1. The van der Waals surface area contributed by atoms with E-state index in [0.29, 0.717) is 12.0 Å². The lowest BCUT2D eigenvalue weighted by atomic mass is 10.1. The van der Waals surface area contributed by atoms with E-state index in [1.54, 1.807) is 0 Å². The molecule has 0 aliphatic heterocycles. The number of anilines is 1. The summed E-state index contributed by atoms with van der Waals surface area (Å²) in [4.78, 5) is 4.48. The van der Waals surface area contributed by atoms with Gasteiger partial charge >= 0.3 is 0 Å². The second-order valence-corrected chi connectivity index (χ2v) is 6.13. The number of rotatable bonds is 2. The van der Waals surface area contributed by atoms with Gasteiger partial charge in [-0.2, -0.15) is 0 Å². The fourth-order valence-electron chi connectivity index (χ4n) is 3.06. The molecule has 1 aliphatic rings. The molecule has 3 nitrogen and oxygen atoms in total. The van der Waals surface area contributed by atoms with Crippen LogP contribution in [-0.2, 0) is 0 Å². The van der Waals surface area contributed by atoms with Crippen molar-refractivity contribution in [3.63, 3.8) is 0 Å². The summed E-state index contributed by atoms with van der Waals surface area (Å²) in [5.74, 6) is 0.655. The van der Waals surface area contributed by atoms with E-state index >= 15 is 0 Å². The van der Waals surface area contributed by atoms with Gasteiger partial charge in [-0.15, -0.1) is 0 Å². The molecule has 2 aromatic rings. The van der Waals surface area contributed by atoms with E-state index in [2.05, 4.69) is 49.7 Å². The van der Waals surface area contributed by atoms with Crippen LogP contribution in [-0.4, -0.2) is 9.55 Å². The molecule has 4 heteroatoms. The second kappa shape index (κ2) is 5.00. The van der Waals surface area contributed by atoms with Crippen molar-refractivity contribution >= 4 is 21.9 Å². The summed E-state index contributed by atoms with van der Waals surface area (Å²) in [6.07, 6.45) is 5.01. The molecule has 0 saturated heterocycles. The van der Waals surface area contributed by atoms with Gasteiger partial charge in [0, 0.05) is 16.1 Å². The highest BCUT2D eigenvalue weighted by Crippen LogP contribution is 2.37. The van der Waals surface area contributed by atoms with Crippen LogP contribution in [0.5, 0.6) is 0 Å². The molecule has 0 radical (unpaired) electrons. The van der Waals surface area contributed by atoms with Crippen molar-refractivity contribution in [2.75, 3.05) is 5.73 Å². The lowest BCUT2D eigenvalue weighted by molar-refractivity contribution is 0.530. The van der Waals surface area contributed by atoms with E-state index < -0.39 is 0 Å². The first-order valence-electron chi connectivity index (χ1n) is 6.77. The van der Waals surface area contributed by atoms with Gasteiger partial charge in [0.05, 0.1) is 11.4 Å². The molecular weight excluding hydrogens is 302 g/mol. The molecule has 1 fully saturated rings. The smallest absolute Gasteiger partial charge is 0.201 e. The van der Waals surface area contributed by atoms with Crippen LogP contribution < -0.4 is 5.73 Å². The van der Waals surface area contributed by atoms with E-state index in [1.807, 2.05) is 6.92 Å². The Morgan fingerprint density at radius 1 is 1.21 bits per heavy atom. The molecule has 1 saturated carbocycles. The van der Waals surface area contributed by atoms with Gasteiger partial charge in [-0.05, 0) is 31.9 Å². The first-order valence-corrected chi connectivity index (χ1v) is 7.56. The van der Waals surface area contributed by atoms with Crippen LogP contribution in [0.4, 0.5) is 5.95 Å². The topological polar surface area (TPSA) is 43.8 Å². The van der Waals surface area contributed by atoms with Crippen LogP contribution >= 0.6 is 15.9 Å². The number of aryl methyl sites for hydroxylation is 1. The van der Waals surface area contributed by atoms with E-state index in [4.69, 9.17) is 5.73 Å². The Morgan fingerprint density at radius 3 is 2.47 bits per heavy atom. The van der Waals surface area contributed by atoms with Gasteiger partial charge in [-0.3, -0.25) is 0 Å². The normalized spacial score (nSPS) is 16.1. The molecule has 1 aromatic carbocycles. The Kier molecular flexibility index (Phi) is 3.35. The van der Waals surface area contributed by atoms with Gasteiger partial charge in [-0.25, -0.2) is 4.98 Å². The molecule has 0 bridgehead atoms.